The fraction of sp³-hybridized carbons (Fsp3) is 0.545. The average molecular weight is 205 g/mol. The second-order valence-electron chi connectivity index (χ2n) is 4.03. The van der Waals surface area contributed by atoms with Crippen LogP contribution in [0.15, 0.2) is 12.1 Å². The van der Waals surface area contributed by atoms with Gasteiger partial charge in [0.1, 0.15) is 11.6 Å². The van der Waals surface area contributed by atoms with Crippen LogP contribution in [0.5, 0.6) is 0 Å². The lowest BCUT2D eigenvalue weighted by molar-refractivity contribution is -0.115. The Morgan fingerprint density at radius 1 is 1.47 bits per heavy atom. The zero-order chi connectivity index (χ0) is 10.7. The van der Waals surface area contributed by atoms with Crippen LogP contribution in [0.1, 0.15) is 37.8 Å². The Kier molecular flexibility index (Phi) is 2.94. The Morgan fingerprint density at radius 3 is 2.73 bits per heavy atom. The molecule has 1 fully saturated rings. The molecule has 15 heavy (non-hydrogen) atoms. The maximum atomic E-state index is 10.7. The van der Waals surface area contributed by atoms with E-state index in [4.69, 9.17) is 0 Å². The van der Waals surface area contributed by atoms with Gasteiger partial charge in [-0.15, -0.1) is 5.10 Å². The van der Waals surface area contributed by atoms with Gasteiger partial charge in [0.05, 0.1) is 12.2 Å². The molecule has 0 spiro atoms. The molecule has 80 valence electrons. The predicted molar refractivity (Wildman–Crippen MR) is 57.8 cm³/mol. The van der Waals surface area contributed by atoms with Crippen molar-refractivity contribution in [2.24, 2.45) is 0 Å². The standard InChI is InChI=1S/C11H15N3O/c1-8(15)7-12-11-6-5-10(13-14-11)9-3-2-4-9/h5-6,9H,2-4,7H2,1H3,(H,12,14). The number of carbonyl (C=O) groups is 1. The van der Waals surface area contributed by atoms with Crippen LogP contribution in [0.2, 0.25) is 0 Å². The summed E-state index contributed by atoms with van der Waals surface area (Å²) in [5, 5.41) is 11.1. The highest BCUT2D eigenvalue weighted by Crippen LogP contribution is 2.34. The normalized spacial score (nSPS) is 15.8. The molecule has 0 bridgehead atoms. The number of aromatic nitrogens is 2. The van der Waals surface area contributed by atoms with Crippen LogP contribution in [-0.2, 0) is 4.79 Å². The van der Waals surface area contributed by atoms with Crippen molar-refractivity contribution < 1.29 is 4.79 Å². The first-order chi connectivity index (χ1) is 7.25. The summed E-state index contributed by atoms with van der Waals surface area (Å²) >= 11 is 0. The van der Waals surface area contributed by atoms with Gasteiger partial charge in [0.25, 0.3) is 0 Å². The van der Waals surface area contributed by atoms with E-state index in [0.717, 1.165) is 5.69 Å². The summed E-state index contributed by atoms with van der Waals surface area (Å²) in [5.41, 5.74) is 1.08. The van der Waals surface area contributed by atoms with E-state index >= 15 is 0 Å². The number of carbonyl (C=O) groups excluding carboxylic acids is 1. The van der Waals surface area contributed by atoms with Crippen LogP contribution in [-0.4, -0.2) is 22.5 Å². The highest BCUT2D eigenvalue weighted by Gasteiger charge is 2.20. The molecule has 0 saturated heterocycles. The quantitative estimate of drug-likeness (QED) is 0.813. The lowest BCUT2D eigenvalue weighted by atomic mass is 9.83. The Hall–Kier alpha value is -1.45. The minimum absolute atomic E-state index is 0.0971. The number of rotatable bonds is 4. The first-order valence-electron chi connectivity index (χ1n) is 5.32. The first kappa shape index (κ1) is 10.1. The fourth-order valence-electron chi connectivity index (χ4n) is 1.57. The Balaban J connectivity index is 1.94. The Bertz CT molecular complexity index is 343. The van der Waals surface area contributed by atoms with Gasteiger partial charge >= 0.3 is 0 Å². The van der Waals surface area contributed by atoms with Crippen LogP contribution in [0.25, 0.3) is 0 Å². The fourth-order valence-corrected chi connectivity index (χ4v) is 1.57. The number of nitrogens with one attached hydrogen (secondary N) is 1. The van der Waals surface area contributed by atoms with Gasteiger partial charge in [0.2, 0.25) is 0 Å². The van der Waals surface area contributed by atoms with Gasteiger partial charge in [-0.1, -0.05) is 6.42 Å². The van der Waals surface area contributed by atoms with Gasteiger partial charge in [-0.25, -0.2) is 0 Å². The van der Waals surface area contributed by atoms with Crippen LogP contribution >= 0.6 is 0 Å². The summed E-state index contributed by atoms with van der Waals surface area (Å²) in [4.78, 5) is 10.7. The van der Waals surface area contributed by atoms with Crippen molar-refractivity contribution in [3.63, 3.8) is 0 Å². The van der Waals surface area contributed by atoms with Crippen molar-refractivity contribution in [3.05, 3.63) is 17.8 Å². The number of anilines is 1. The molecule has 1 saturated carbocycles. The molecular formula is C11H15N3O. The highest BCUT2D eigenvalue weighted by molar-refractivity contribution is 5.79. The maximum absolute atomic E-state index is 10.7. The van der Waals surface area contributed by atoms with Crippen LogP contribution in [0.4, 0.5) is 5.82 Å². The van der Waals surface area contributed by atoms with Crippen molar-refractivity contribution in [1.82, 2.24) is 10.2 Å². The van der Waals surface area contributed by atoms with Gasteiger partial charge in [-0.05, 0) is 31.9 Å². The highest BCUT2D eigenvalue weighted by atomic mass is 16.1. The number of hydrogen-bond acceptors (Lipinski definition) is 4. The van der Waals surface area contributed by atoms with Crippen molar-refractivity contribution in [3.8, 4) is 0 Å². The summed E-state index contributed by atoms with van der Waals surface area (Å²) in [5.74, 6) is 1.38. The van der Waals surface area contributed by atoms with Gasteiger partial charge in [0.15, 0.2) is 0 Å². The minimum Gasteiger partial charge on any atom is -0.362 e. The zero-order valence-corrected chi connectivity index (χ0v) is 8.86. The van der Waals surface area contributed by atoms with Crippen molar-refractivity contribution in [2.75, 3.05) is 11.9 Å². The topological polar surface area (TPSA) is 54.9 Å². The molecule has 4 heteroatoms. The molecule has 0 amide bonds. The van der Waals surface area contributed by atoms with E-state index in [0.29, 0.717) is 18.3 Å². The number of Topliss-reactive ketones (excluding diaryl/α,β-unsaturated/α-hetero) is 1. The number of hydrogen-bond donors (Lipinski definition) is 1. The molecule has 4 nitrogen and oxygen atoms in total. The smallest absolute Gasteiger partial charge is 0.149 e. The molecule has 1 aliphatic carbocycles. The third-order valence-electron chi connectivity index (χ3n) is 2.73. The lowest BCUT2D eigenvalue weighted by Crippen LogP contribution is -2.14. The molecule has 0 unspecified atom stereocenters. The molecule has 0 atom stereocenters. The summed E-state index contributed by atoms with van der Waals surface area (Å²) in [6.07, 6.45) is 3.76. The molecule has 0 radical (unpaired) electrons. The summed E-state index contributed by atoms with van der Waals surface area (Å²) in [7, 11) is 0. The lowest BCUT2D eigenvalue weighted by Gasteiger charge is -2.23. The van der Waals surface area contributed by atoms with Gasteiger partial charge in [-0.2, -0.15) is 5.10 Å². The molecular weight excluding hydrogens is 190 g/mol. The van der Waals surface area contributed by atoms with Crippen LogP contribution in [0.3, 0.4) is 0 Å². The average Bonchev–Trinajstić information content (AvgIpc) is 2.14. The molecule has 1 aromatic rings. The molecule has 0 aliphatic heterocycles. The molecule has 1 aromatic heterocycles. The number of nitrogens with zero attached hydrogens (tertiary/aromatic N) is 2. The molecule has 2 rings (SSSR count). The van der Waals surface area contributed by atoms with E-state index < -0.39 is 0 Å². The first-order valence-corrected chi connectivity index (χ1v) is 5.32. The largest absolute Gasteiger partial charge is 0.362 e. The second kappa shape index (κ2) is 4.38. The SMILES string of the molecule is CC(=O)CNc1ccc(C2CCC2)nn1. The predicted octanol–water partition coefficient (Wildman–Crippen LogP) is 1.74. The van der Waals surface area contributed by atoms with Gasteiger partial charge < -0.3 is 5.32 Å². The number of ketones is 1. The molecule has 1 aliphatic rings. The van der Waals surface area contributed by atoms with E-state index in [1.54, 1.807) is 6.92 Å². The summed E-state index contributed by atoms with van der Waals surface area (Å²) in [6.45, 7) is 1.86. The van der Waals surface area contributed by atoms with Crippen molar-refractivity contribution in [2.45, 2.75) is 32.1 Å². The summed E-state index contributed by atoms with van der Waals surface area (Å²) in [6, 6.07) is 3.89. The van der Waals surface area contributed by atoms with E-state index in [9.17, 15) is 4.79 Å². The van der Waals surface area contributed by atoms with E-state index in [2.05, 4.69) is 15.5 Å². The second-order valence-corrected chi connectivity index (χ2v) is 4.03. The molecule has 0 aromatic carbocycles. The summed E-state index contributed by atoms with van der Waals surface area (Å²) < 4.78 is 0. The Labute approximate surface area is 89.1 Å². The minimum atomic E-state index is 0.0971. The Morgan fingerprint density at radius 2 is 2.27 bits per heavy atom. The van der Waals surface area contributed by atoms with Crippen LogP contribution < -0.4 is 5.32 Å². The van der Waals surface area contributed by atoms with Gasteiger partial charge in [-0.3, -0.25) is 4.79 Å². The van der Waals surface area contributed by atoms with E-state index in [1.165, 1.54) is 19.3 Å². The van der Waals surface area contributed by atoms with Crippen molar-refractivity contribution in [1.29, 1.82) is 0 Å². The zero-order valence-electron chi connectivity index (χ0n) is 8.86. The van der Waals surface area contributed by atoms with E-state index in [-0.39, 0.29) is 5.78 Å². The van der Waals surface area contributed by atoms with Crippen LogP contribution in [0, 0.1) is 0 Å². The molecule has 1 N–H and O–H groups in total. The van der Waals surface area contributed by atoms with Gasteiger partial charge in [0, 0.05) is 5.92 Å². The third-order valence-corrected chi connectivity index (χ3v) is 2.73. The monoisotopic (exact) mass is 205 g/mol. The van der Waals surface area contributed by atoms with E-state index in [1.807, 2.05) is 12.1 Å². The van der Waals surface area contributed by atoms with Crippen molar-refractivity contribution >= 4 is 11.6 Å². The third kappa shape index (κ3) is 2.52. The maximum Gasteiger partial charge on any atom is 0.149 e. The molecule has 1 heterocycles.